The largest absolute Gasteiger partial charge is 0.373 e. The molecule has 2 bridgehead atoms. The average molecular weight is 283 g/mol. The molecule has 0 spiro atoms. The van der Waals surface area contributed by atoms with Gasteiger partial charge < -0.3 is 14.6 Å². The van der Waals surface area contributed by atoms with Crippen LogP contribution in [-0.2, 0) is 4.74 Å². The number of benzene rings is 1. The first-order chi connectivity index (χ1) is 10.3. The van der Waals surface area contributed by atoms with E-state index in [0.29, 0.717) is 24.3 Å². The van der Waals surface area contributed by atoms with Crippen molar-refractivity contribution in [3.05, 3.63) is 48.5 Å². The fourth-order valence-corrected chi connectivity index (χ4v) is 3.58. The summed E-state index contributed by atoms with van der Waals surface area (Å²) in [7, 11) is 0. The molecule has 4 heteroatoms. The Labute approximate surface area is 125 Å². The van der Waals surface area contributed by atoms with Gasteiger partial charge in [-0.1, -0.05) is 12.1 Å². The van der Waals surface area contributed by atoms with Crippen LogP contribution in [0.4, 0.5) is 0 Å². The zero-order valence-corrected chi connectivity index (χ0v) is 12.3. The molecule has 21 heavy (non-hydrogen) atoms. The molecule has 0 radical (unpaired) electrons. The van der Waals surface area contributed by atoms with Crippen LogP contribution in [-0.4, -0.2) is 27.8 Å². The van der Waals surface area contributed by atoms with Crippen molar-refractivity contribution >= 4 is 0 Å². The van der Waals surface area contributed by atoms with Crippen molar-refractivity contribution in [1.82, 2.24) is 14.9 Å². The molecule has 110 valence electrons. The van der Waals surface area contributed by atoms with Gasteiger partial charge in [0, 0.05) is 30.2 Å². The van der Waals surface area contributed by atoms with Crippen molar-refractivity contribution in [2.75, 3.05) is 0 Å². The third-order valence-corrected chi connectivity index (χ3v) is 4.77. The summed E-state index contributed by atoms with van der Waals surface area (Å²) in [5.74, 6) is 0. The summed E-state index contributed by atoms with van der Waals surface area (Å²) in [4.78, 5) is 4.08. The highest BCUT2D eigenvalue weighted by molar-refractivity contribution is 5.35. The summed E-state index contributed by atoms with van der Waals surface area (Å²) >= 11 is 0. The summed E-state index contributed by atoms with van der Waals surface area (Å²) < 4.78 is 7.94. The first-order valence-corrected chi connectivity index (χ1v) is 7.79. The second-order valence-corrected chi connectivity index (χ2v) is 6.17. The van der Waals surface area contributed by atoms with Gasteiger partial charge in [0.1, 0.15) is 0 Å². The van der Waals surface area contributed by atoms with Gasteiger partial charge in [-0.2, -0.15) is 0 Å². The van der Waals surface area contributed by atoms with E-state index in [1.807, 2.05) is 17.1 Å². The Morgan fingerprint density at radius 2 is 2.14 bits per heavy atom. The average Bonchev–Trinajstić information content (AvgIpc) is 3.25. The van der Waals surface area contributed by atoms with Crippen molar-refractivity contribution in [3.63, 3.8) is 0 Å². The summed E-state index contributed by atoms with van der Waals surface area (Å²) in [5.41, 5.74) is 2.47. The Morgan fingerprint density at radius 1 is 1.29 bits per heavy atom. The number of ether oxygens (including phenoxy) is 1. The minimum absolute atomic E-state index is 0.356. The van der Waals surface area contributed by atoms with Crippen LogP contribution in [0.1, 0.15) is 37.8 Å². The van der Waals surface area contributed by atoms with Crippen molar-refractivity contribution in [2.45, 2.75) is 50.5 Å². The molecule has 4 atom stereocenters. The highest BCUT2D eigenvalue weighted by atomic mass is 16.5. The number of rotatable bonds is 4. The van der Waals surface area contributed by atoms with Crippen molar-refractivity contribution in [1.29, 1.82) is 0 Å². The Balaban J connectivity index is 1.43. The maximum atomic E-state index is 5.92. The predicted octanol–water partition coefficient (Wildman–Crippen LogP) is 2.84. The lowest BCUT2D eigenvalue weighted by Crippen LogP contribution is -2.38. The lowest BCUT2D eigenvalue weighted by atomic mass is 9.94. The van der Waals surface area contributed by atoms with E-state index in [9.17, 15) is 0 Å². The number of aromatic nitrogens is 2. The van der Waals surface area contributed by atoms with Crippen LogP contribution in [0.2, 0.25) is 0 Å². The third-order valence-electron chi connectivity index (χ3n) is 4.77. The number of nitrogens with zero attached hydrogens (tertiary/aromatic N) is 2. The third kappa shape index (κ3) is 2.49. The zero-order valence-electron chi connectivity index (χ0n) is 12.3. The van der Waals surface area contributed by atoms with Gasteiger partial charge in [0.05, 0.1) is 18.5 Å². The van der Waals surface area contributed by atoms with Crippen LogP contribution in [0.5, 0.6) is 0 Å². The van der Waals surface area contributed by atoms with Gasteiger partial charge in [-0.25, -0.2) is 4.98 Å². The van der Waals surface area contributed by atoms with Gasteiger partial charge >= 0.3 is 0 Å². The maximum Gasteiger partial charge on any atom is 0.0991 e. The quantitative estimate of drug-likeness (QED) is 0.938. The molecule has 2 aliphatic heterocycles. The van der Waals surface area contributed by atoms with Crippen LogP contribution in [0.15, 0.2) is 43.0 Å². The van der Waals surface area contributed by atoms with E-state index in [0.717, 1.165) is 5.69 Å². The fraction of sp³-hybridized carbons (Fsp3) is 0.471. The topological polar surface area (TPSA) is 39.1 Å². The van der Waals surface area contributed by atoms with Crippen LogP contribution in [0, 0.1) is 0 Å². The van der Waals surface area contributed by atoms with Crippen molar-refractivity contribution < 1.29 is 4.74 Å². The number of fused-ring (bicyclic) bond motifs is 2. The molecule has 2 aromatic rings. The highest BCUT2D eigenvalue weighted by Crippen LogP contribution is 2.35. The molecular formula is C17H21N3O. The van der Waals surface area contributed by atoms with Gasteiger partial charge in [0.2, 0.25) is 0 Å². The molecule has 1 N–H and O–H groups in total. The molecular weight excluding hydrogens is 262 g/mol. The first kappa shape index (κ1) is 13.0. The molecule has 0 saturated carbocycles. The first-order valence-electron chi connectivity index (χ1n) is 7.79. The van der Waals surface area contributed by atoms with Crippen LogP contribution >= 0.6 is 0 Å². The molecule has 4 unspecified atom stereocenters. The summed E-state index contributed by atoms with van der Waals surface area (Å²) in [5, 5.41) is 3.74. The van der Waals surface area contributed by atoms with E-state index in [1.54, 1.807) is 6.20 Å². The Bertz CT molecular complexity index is 593. The monoisotopic (exact) mass is 283 g/mol. The summed E-state index contributed by atoms with van der Waals surface area (Å²) in [6.07, 6.45) is 10.2. The molecule has 4 rings (SSSR count). The van der Waals surface area contributed by atoms with Crippen LogP contribution in [0.25, 0.3) is 5.69 Å². The van der Waals surface area contributed by atoms with Crippen molar-refractivity contribution in [3.8, 4) is 5.69 Å². The van der Waals surface area contributed by atoms with Crippen molar-refractivity contribution in [2.24, 2.45) is 0 Å². The Kier molecular flexibility index (Phi) is 3.28. The number of imidazole rings is 1. The van der Waals surface area contributed by atoms with Gasteiger partial charge in [-0.3, -0.25) is 0 Å². The number of nitrogens with one attached hydrogen (secondary N) is 1. The second-order valence-electron chi connectivity index (χ2n) is 6.17. The molecule has 2 aliphatic rings. The SMILES string of the molecule is CC(NC1CC2CCC1O2)c1ccc(-n2ccnc2)cc1. The molecule has 2 fully saturated rings. The molecule has 3 heterocycles. The zero-order chi connectivity index (χ0) is 14.2. The van der Waals surface area contributed by atoms with E-state index < -0.39 is 0 Å². The van der Waals surface area contributed by atoms with E-state index >= 15 is 0 Å². The second kappa shape index (κ2) is 5.28. The summed E-state index contributed by atoms with van der Waals surface area (Å²) in [6.45, 7) is 2.23. The van der Waals surface area contributed by atoms with Crippen LogP contribution < -0.4 is 5.32 Å². The lowest BCUT2D eigenvalue weighted by Gasteiger charge is -2.25. The fourth-order valence-electron chi connectivity index (χ4n) is 3.58. The van der Waals surface area contributed by atoms with E-state index in [2.05, 4.69) is 41.5 Å². The maximum absolute atomic E-state index is 5.92. The van der Waals surface area contributed by atoms with Gasteiger partial charge in [0.25, 0.3) is 0 Å². The number of hydrogen-bond donors (Lipinski definition) is 1. The van der Waals surface area contributed by atoms with Crippen LogP contribution in [0.3, 0.4) is 0 Å². The molecule has 0 amide bonds. The molecule has 1 aromatic heterocycles. The minimum Gasteiger partial charge on any atom is -0.373 e. The predicted molar refractivity (Wildman–Crippen MR) is 81.4 cm³/mol. The van der Waals surface area contributed by atoms with Gasteiger partial charge in [-0.05, 0) is 43.9 Å². The molecule has 0 aliphatic carbocycles. The summed E-state index contributed by atoms with van der Waals surface area (Å²) in [6, 6.07) is 9.56. The minimum atomic E-state index is 0.356. The Hall–Kier alpha value is -1.65. The van der Waals surface area contributed by atoms with E-state index in [1.165, 1.54) is 24.8 Å². The standard InChI is InChI=1S/C17H21N3O/c1-12(19-16-10-15-6-7-17(16)21-15)13-2-4-14(5-3-13)20-9-8-18-11-20/h2-5,8-9,11-12,15-17,19H,6-7,10H2,1H3. The smallest absolute Gasteiger partial charge is 0.0991 e. The number of hydrogen-bond acceptors (Lipinski definition) is 3. The highest BCUT2D eigenvalue weighted by Gasteiger charge is 2.40. The Morgan fingerprint density at radius 3 is 2.76 bits per heavy atom. The van der Waals surface area contributed by atoms with Gasteiger partial charge in [-0.15, -0.1) is 0 Å². The lowest BCUT2D eigenvalue weighted by molar-refractivity contribution is 0.0962. The molecule has 1 aromatic carbocycles. The van der Waals surface area contributed by atoms with E-state index in [4.69, 9.17) is 4.74 Å². The normalized spacial score (nSPS) is 28.9. The molecule has 4 nitrogen and oxygen atoms in total. The molecule has 2 saturated heterocycles. The van der Waals surface area contributed by atoms with Gasteiger partial charge in [0.15, 0.2) is 0 Å². The van der Waals surface area contributed by atoms with E-state index in [-0.39, 0.29) is 0 Å².